The number of unbranched alkanes of at least 4 members (excludes halogenated alkanes) is 25. The molecule has 0 aromatic carbocycles. The molecule has 0 aliphatic carbocycles. The van der Waals surface area contributed by atoms with Crippen LogP contribution in [0.3, 0.4) is 0 Å². The number of carbonyl (C=O) groups excluding carboxylic acids is 2. The second-order valence-electron chi connectivity index (χ2n) is 19.9. The highest BCUT2D eigenvalue weighted by Crippen LogP contribution is 2.38. The van der Waals surface area contributed by atoms with Crippen LogP contribution in [0.15, 0.2) is 72.9 Å². The highest BCUT2D eigenvalue weighted by Gasteiger charge is 2.21. The third-order valence-electron chi connectivity index (χ3n) is 12.0. The number of hydrogen-bond donors (Lipinski definition) is 0. The van der Waals surface area contributed by atoms with E-state index in [0.717, 1.165) is 89.9 Å². The van der Waals surface area contributed by atoms with Crippen LogP contribution in [0.1, 0.15) is 239 Å². The van der Waals surface area contributed by atoms with Gasteiger partial charge in [0.25, 0.3) is 7.82 Å². The third kappa shape index (κ3) is 54.6. The highest BCUT2D eigenvalue weighted by atomic mass is 31.2. The lowest BCUT2D eigenvalue weighted by Crippen LogP contribution is -2.37. The maximum atomic E-state index is 12.8. The van der Waals surface area contributed by atoms with E-state index in [1.165, 1.54) is 116 Å². The lowest BCUT2D eigenvalue weighted by atomic mass is 10.0. The van der Waals surface area contributed by atoms with Gasteiger partial charge in [-0.15, -0.1) is 0 Å². The molecule has 9 nitrogen and oxygen atoms in total. The molecule has 0 aromatic heterocycles. The van der Waals surface area contributed by atoms with Gasteiger partial charge in [-0.05, 0) is 83.5 Å². The van der Waals surface area contributed by atoms with Gasteiger partial charge in [-0.2, -0.15) is 0 Å². The van der Waals surface area contributed by atoms with Crippen molar-refractivity contribution in [3.05, 3.63) is 72.9 Å². The number of quaternary nitrogens is 1. The molecule has 0 aliphatic heterocycles. The van der Waals surface area contributed by atoms with Crippen LogP contribution in [0, 0.1) is 0 Å². The van der Waals surface area contributed by atoms with Gasteiger partial charge in [-0.3, -0.25) is 14.2 Å². The zero-order valence-electron chi connectivity index (χ0n) is 45.2. The van der Waals surface area contributed by atoms with Crippen LogP contribution in [-0.4, -0.2) is 70.0 Å². The molecule has 0 fully saturated rings. The van der Waals surface area contributed by atoms with Crippen LogP contribution < -0.4 is 4.89 Å². The molecule has 69 heavy (non-hydrogen) atoms. The van der Waals surface area contributed by atoms with Gasteiger partial charge in [-0.1, -0.05) is 215 Å². The molecule has 0 heterocycles. The number of phosphoric acid groups is 1. The number of carbonyl (C=O) groups is 2. The first-order valence-corrected chi connectivity index (χ1v) is 29.6. The summed E-state index contributed by atoms with van der Waals surface area (Å²) in [5.41, 5.74) is 0. The Bertz CT molecular complexity index is 1400. The van der Waals surface area contributed by atoms with E-state index >= 15 is 0 Å². The number of esters is 2. The second kappa shape index (κ2) is 50.4. The van der Waals surface area contributed by atoms with Crippen molar-refractivity contribution in [1.29, 1.82) is 0 Å². The average Bonchev–Trinajstić information content (AvgIpc) is 3.31. The SMILES string of the molecule is CC/C=C\C/C=C\C/C=C\C/C=C\C/C=C\CCCCCCCCCCCCCCCC(=O)OC(COC(=O)CCCCCCC/C=C\CCCCCCCCC)COP(=O)([O-])OCC[N+](C)(C)C. The minimum Gasteiger partial charge on any atom is -0.756 e. The summed E-state index contributed by atoms with van der Waals surface area (Å²) in [4.78, 5) is 37.8. The predicted octanol–water partition coefficient (Wildman–Crippen LogP) is 16.7. The van der Waals surface area contributed by atoms with Gasteiger partial charge in [0.15, 0.2) is 6.10 Å². The molecule has 400 valence electrons. The lowest BCUT2D eigenvalue weighted by molar-refractivity contribution is -0.870. The maximum Gasteiger partial charge on any atom is 0.306 e. The summed E-state index contributed by atoms with van der Waals surface area (Å²) in [5.74, 6) is -0.842. The van der Waals surface area contributed by atoms with Crippen molar-refractivity contribution in [3.8, 4) is 0 Å². The second-order valence-corrected chi connectivity index (χ2v) is 21.3. The molecule has 0 bridgehead atoms. The fourth-order valence-electron chi connectivity index (χ4n) is 7.62. The van der Waals surface area contributed by atoms with Crippen molar-refractivity contribution < 1.29 is 42.1 Å². The largest absolute Gasteiger partial charge is 0.756 e. The molecule has 0 amide bonds. The fourth-order valence-corrected chi connectivity index (χ4v) is 8.35. The Morgan fingerprint density at radius 2 is 0.826 bits per heavy atom. The molecular formula is C59H106NO8P. The van der Waals surface area contributed by atoms with E-state index in [0.29, 0.717) is 17.4 Å². The van der Waals surface area contributed by atoms with Gasteiger partial charge in [-0.25, -0.2) is 0 Å². The van der Waals surface area contributed by atoms with E-state index in [9.17, 15) is 19.0 Å². The normalized spacial score (nSPS) is 13.9. The summed E-state index contributed by atoms with van der Waals surface area (Å²) in [6, 6.07) is 0. The summed E-state index contributed by atoms with van der Waals surface area (Å²) in [6.07, 6.45) is 65.1. The Morgan fingerprint density at radius 3 is 1.25 bits per heavy atom. The molecule has 2 unspecified atom stereocenters. The van der Waals surface area contributed by atoms with E-state index in [1.807, 2.05) is 21.1 Å². The van der Waals surface area contributed by atoms with E-state index in [1.54, 1.807) is 0 Å². The smallest absolute Gasteiger partial charge is 0.306 e. The van der Waals surface area contributed by atoms with Crippen molar-refractivity contribution in [2.75, 3.05) is 47.5 Å². The fraction of sp³-hybridized carbons (Fsp3) is 0.763. The molecule has 10 heteroatoms. The zero-order valence-corrected chi connectivity index (χ0v) is 46.1. The monoisotopic (exact) mass is 988 g/mol. The molecule has 0 saturated carbocycles. The molecular weight excluding hydrogens is 882 g/mol. The Labute approximate surface area is 425 Å². The maximum absolute atomic E-state index is 12.8. The van der Waals surface area contributed by atoms with Crippen LogP contribution in [-0.2, 0) is 32.7 Å². The van der Waals surface area contributed by atoms with Crippen molar-refractivity contribution in [2.45, 2.75) is 245 Å². The Kier molecular flexibility index (Phi) is 48.5. The molecule has 2 atom stereocenters. The Hall–Kier alpha value is -2.55. The van der Waals surface area contributed by atoms with Gasteiger partial charge < -0.3 is 27.9 Å². The van der Waals surface area contributed by atoms with Crippen molar-refractivity contribution in [3.63, 3.8) is 0 Å². The van der Waals surface area contributed by atoms with Crippen molar-refractivity contribution in [2.24, 2.45) is 0 Å². The van der Waals surface area contributed by atoms with Crippen LogP contribution in [0.2, 0.25) is 0 Å². The number of phosphoric ester groups is 1. The first-order valence-electron chi connectivity index (χ1n) is 28.1. The van der Waals surface area contributed by atoms with Crippen LogP contribution >= 0.6 is 7.82 Å². The summed E-state index contributed by atoms with van der Waals surface area (Å²) in [5, 5.41) is 0. The van der Waals surface area contributed by atoms with Crippen LogP contribution in [0.25, 0.3) is 0 Å². The first-order chi connectivity index (χ1) is 33.5. The molecule has 0 saturated heterocycles. The number of nitrogens with zero attached hydrogens (tertiary/aromatic N) is 1. The van der Waals surface area contributed by atoms with E-state index in [4.69, 9.17) is 18.5 Å². The highest BCUT2D eigenvalue weighted by molar-refractivity contribution is 7.45. The first kappa shape index (κ1) is 66.5. The molecule has 0 aromatic rings. The molecule has 0 aliphatic rings. The Morgan fingerprint density at radius 1 is 0.464 bits per heavy atom. The number of rotatable bonds is 51. The van der Waals surface area contributed by atoms with Crippen LogP contribution in [0.4, 0.5) is 0 Å². The minimum absolute atomic E-state index is 0.0341. The van der Waals surface area contributed by atoms with E-state index in [2.05, 4.69) is 86.8 Å². The zero-order chi connectivity index (χ0) is 50.6. The molecule has 0 rings (SSSR count). The van der Waals surface area contributed by atoms with Gasteiger partial charge in [0.1, 0.15) is 19.8 Å². The van der Waals surface area contributed by atoms with E-state index in [-0.39, 0.29) is 26.1 Å². The summed E-state index contributed by atoms with van der Waals surface area (Å²) >= 11 is 0. The van der Waals surface area contributed by atoms with Gasteiger partial charge >= 0.3 is 11.9 Å². The number of likely N-dealkylation sites (N-methyl/N-ethyl adjacent to an activating group) is 1. The topological polar surface area (TPSA) is 111 Å². The minimum atomic E-state index is -4.64. The quantitative estimate of drug-likeness (QED) is 0.0195. The molecule has 0 spiro atoms. The van der Waals surface area contributed by atoms with Crippen LogP contribution in [0.5, 0.6) is 0 Å². The van der Waals surface area contributed by atoms with Gasteiger partial charge in [0.2, 0.25) is 0 Å². The molecule has 0 radical (unpaired) electrons. The van der Waals surface area contributed by atoms with Crippen molar-refractivity contribution in [1.82, 2.24) is 0 Å². The molecule has 0 N–H and O–H groups in total. The van der Waals surface area contributed by atoms with Gasteiger partial charge in [0.05, 0.1) is 27.7 Å². The third-order valence-corrected chi connectivity index (χ3v) is 12.9. The number of hydrogen-bond acceptors (Lipinski definition) is 8. The van der Waals surface area contributed by atoms with Crippen molar-refractivity contribution >= 4 is 19.8 Å². The summed E-state index contributed by atoms with van der Waals surface area (Å²) < 4.78 is 34.1. The lowest BCUT2D eigenvalue weighted by Gasteiger charge is -2.28. The predicted molar refractivity (Wildman–Crippen MR) is 291 cm³/mol. The standard InChI is InChI=1S/C59H106NO8P/c1-6-8-10-12-14-16-18-20-22-24-25-26-27-28-29-30-31-32-33-34-35-36-38-40-42-44-46-48-50-52-59(62)68-57(56-67-69(63,64)66-54-53-60(3,4)5)55-65-58(61)51-49-47-45-43-41-39-37-23-21-19-17-15-13-11-9-7-2/h8,10,14,16,20,22-23,25-26,28-29,37,57H,6-7,9,11-13,15,17-19,21,24,27,30-36,38-56H2,1-5H3/b10-8-,16-14-,22-20-,26-25-,29-28-,37-23-. The summed E-state index contributed by atoms with van der Waals surface area (Å²) in [7, 11) is 1.16. The summed E-state index contributed by atoms with van der Waals surface area (Å²) in [6.45, 7) is 4.12. The van der Waals surface area contributed by atoms with E-state index < -0.39 is 32.5 Å². The average molecular weight is 988 g/mol. The Balaban J connectivity index is 4.15. The van der Waals surface area contributed by atoms with Gasteiger partial charge in [0, 0.05) is 12.8 Å². The number of allylic oxidation sites excluding steroid dienone is 12. The number of ether oxygens (including phenoxy) is 2.